The number of nitrogens with zero attached hydrogens (tertiary/aromatic N) is 2. The molecule has 1 heterocycles. The zero-order valence-corrected chi connectivity index (χ0v) is 20.1. The summed E-state index contributed by atoms with van der Waals surface area (Å²) in [5.41, 5.74) is 5.65. The number of benzene rings is 5. The van der Waals surface area contributed by atoms with Gasteiger partial charge in [-0.25, -0.2) is 0 Å². The van der Waals surface area contributed by atoms with Crippen LogP contribution in [0.3, 0.4) is 0 Å². The van der Waals surface area contributed by atoms with Crippen LogP contribution in [-0.4, -0.2) is 10.2 Å². The van der Waals surface area contributed by atoms with Crippen molar-refractivity contribution in [1.82, 2.24) is 10.2 Å². The van der Waals surface area contributed by atoms with Crippen molar-refractivity contribution in [3.63, 3.8) is 0 Å². The van der Waals surface area contributed by atoms with E-state index in [1.54, 1.807) is 0 Å². The summed E-state index contributed by atoms with van der Waals surface area (Å²) in [4.78, 5) is 0. The van der Waals surface area contributed by atoms with Crippen LogP contribution in [0.15, 0.2) is 108 Å². The van der Waals surface area contributed by atoms with Gasteiger partial charge in [-0.15, -0.1) is 10.2 Å². The van der Waals surface area contributed by atoms with Gasteiger partial charge >= 0.3 is 0 Å². The number of hydrogen-bond donors (Lipinski definition) is 0. The number of rotatable bonds is 3. The second kappa shape index (κ2) is 8.21. The smallest absolute Gasteiger partial charge is 0.248 e. The predicted octanol–water partition coefficient (Wildman–Crippen LogP) is 8.67. The molecule has 0 spiro atoms. The first-order valence-electron chi connectivity index (χ1n) is 11.9. The van der Waals surface area contributed by atoms with E-state index in [0.717, 1.165) is 21.9 Å². The summed E-state index contributed by atoms with van der Waals surface area (Å²) < 4.78 is 6.18. The van der Waals surface area contributed by atoms with E-state index in [1.807, 2.05) is 0 Å². The Hall–Kier alpha value is -4.24. The monoisotopic (exact) mass is 454 g/mol. The molecule has 5 aromatic carbocycles. The summed E-state index contributed by atoms with van der Waals surface area (Å²) in [6, 6.07) is 36.0. The molecule has 0 saturated carbocycles. The molecule has 35 heavy (non-hydrogen) atoms. The summed E-state index contributed by atoms with van der Waals surface area (Å²) >= 11 is 0. The SMILES string of the molecule is CC(C)(C)c1ccc(-c2nnc(-c3ccc(-c4cccc5ccccc45)c4ccccc34)o2)cc1. The van der Waals surface area contributed by atoms with Gasteiger partial charge in [0.2, 0.25) is 11.8 Å². The molecule has 170 valence electrons. The third-order valence-corrected chi connectivity index (χ3v) is 6.66. The first-order chi connectivity index (χ1) is 17.0. The lowest BCUT2D eigenvalue weighted by Crippen LogP contribution is -2.10. The maximum absolute atomic E-state index is 6.18. The molecule has 1 aromatic heterocycles. The zero-order valence-electron chi connectivity index (χ0n) is 20.1. The highest BCUT2D eigenvalue weighted by Gasteiger charge is 2.17. The number of aromatic nitrogens is 2. The van der Waals surface area contributed by atoms with Crippen molar-refractivity contribution < 1.29 is 4.42 Å². The third kappa shape index (κ3) is 3.79. The molecule has 0 atom stereocenters. The van der Waals surface area contributed by atoms with Crippen LogP contribution >= 0.6 is 0 Å². The molecule has 0 fully saturated rings. The second-order valence-electron chi connectivity index (χ2n) is 9.97. The molecular weight excluding hydrogens is 428 g/mol. The van der Waals surface area contributed by atoms with Gasteiger partial charge in [-0.2, -0.15) is 0 Å². The van der Waals surface area contributed by atoms with Crippen LogP contribution in [0.5, 0.6) is 0 Å². The molecule has 0 saturated heterocycles. The van der Waals surface area contributed by atoms with E-state index in [1.165, 1.54) is 27.5 Å². The molecule has 0 aliphatic heterocycles. The number of hydrogen-bond acceptors (Lipinski definition) is 3. The molecule has 3 nitrogen and oxygen atoms in total. The van der Waals surface area contributed by atoms with Gasteiger partial charge in [0.05, 0.1) is 0 Å². The van der Waals surface area contributed by atoms with Gasteiger partial charge in [0.1, 0.15) is 0 Å². The molecule has 6 aromatic rings. The topological polar surface area (TPSA) is 38.9 Å². The average molecular weight is 455 g/mol. The third-order valence-electron chi connectivity index (χ3n) is 6.66. The van der Waals surface area contributed by atoms with Crippen LogP contribution in [0, 0.1) is 0 Å². The van der Waals surface area contributed by atoms with Gasteiger partial charge in [-0.1, -0.05) is 106 Å². The molecule has 0 aliphatic carbocycles. The highest BCUT2D eigenvalue weighted by Crippen LogP contribution is 2.38. The van der Waals surface area contributed by atoms with Crippen LogP contribution in [0.1, 0.15) is 26.3 Å². The number of fused-ring (bicyclic) bond motifs is 2. The fraction of sp³-hybridized carbons (Fsp3) is 0.125. The minimum absolute atomic E-state index is 0.100. The Morgan fingerprint density at radius 3 is 1.83 bits per heavy atom. The molecule has 0 radical (unpaired) electrons. The summed E-state index contributed by atoms with van der Waals surface area (Å²) in [6.07, 6.45) is 0. The van der Waals surface area contributed by atoms with E-state index in [-0.39, 0.29) is 5.41 Å². The largest absolute Gasteiger partial charge is 0.416 e. The summed E-state index contributed by atoms with van der Waals surface area (Å²) in [5, 5.41) is 13.5. The highest BCUT2D eigenvalue weighted by atomic mass is 16.4. The van der Waals surface area contributed by atoms with Gasteiger partial charge in [0.25, 0.3) is 0 Å². The van der Waals surface area contributed by atoms with E-state index in [9.17, 15) is 0 Å². The Labute approximate surface area is 205 Å². The zero-order chi connectivity index (χ0) is 24.0. The second-order valence-corrected chi connectivity index (χ2v) is 9.97. The Bertz CT molecular complexity index is 1670. The molecule has 6 rings (SSSR count). The Kier molecular flexibility index (Phi) is 5.00. The van der Waals surface area contributed by atoms with Crippen molar-refractivity contribution in [3.05, 3.63) is 109 Å². The van der Waals surface area contributed by atoms with Gasteiger partial charge in [-0.3, -0.25) is 0 Å². The quantitative estimate of drug-likeness (QED) is 0.268. The van der Waals surface area contributed by atoms with E-state index in [4.69, 9.17) is 4.42 Å². The van der Waals surface area contributed by atoms with Crippen molar-refractivity contribution >= 4 is 21.5 Å². The fourth-order valence-electron chi connectivity index (χ4n) is 4.74. The highest BCUT2D eigenvalue weighted by molar-refractivity contribution is 6.08. The van der Waals surface area contributed by atoms with E-state index < -0.39 is 0 Å². The van der Waals surface area contributed by atoms with Gasteiger partial charge in [0, 0.05) is 11.1 Å². The molecule has 0 N–H and O–H groups in total. The Morgan fingerprint density at radius 1 is 0.514 bits per heavy atom. The Morgan fingerprint density at radius 2 is 1.09 bits per heavy atom. The average Bonchev–Trinajstić information content (AvgIpc) is 3.37. The molecule has 3 heteroatoms. The van der Waals surface area contributed by atoms with Crippen molar-refractivity contribution in [2.24, 2.45) is 0 Å². The minimum Gasteiger partial charge on any atom is -0.416 e. The van der Waals surface area contributed by atoms with Crippen molar-refractivity contribution in [2.45, 2.75) is 26.2 Å². The van der Waals surface area contributed by atoms with E-state index in [2.05, 4.69) is 134 Å². The molecular formula is C32H26N2O. The van der Waals surface area contributed by atoms with Gasteiger partial charge < -0.3 is 4.42 Å². The van der Waals surface area contributed by atoms with Crippen molar-refractivity contribution in [1.29, 1.82) is 0 Å². The van der Waals surface area contributed by atoms with Crippen molar-refractivity contribution in [2.75, 3.05) is 0 Å². The lowest BCUT2D eigenvalue weighted by Gasteiger charge is -2.18. The minimum atomic E-state index is 0.100. The molecule has 0 aliphatic rings. The summed E-state index contributed by atoms with van der Waals surface area (Å²) in [6.45, 7) is 6.62. The standard InChI is InChI=1S/C32H26N2O/c1-32(2,3)23-17-15-22(16-18-23)30-33-34-31(35-30)29-20-19-28(26-12-6-7-13-27(26)29)25-14-8-10-21-9-4-5-11-24(21)25/h4-20H,1-3H3. The van der Waals surface area contributed by atoms with E-state index in [0.29, 0.717) is 11.8 Å². The predicted molar refractivity (Wildman–Crippen MR) is 144 cm³/mol. The maximum atomic E-state index is 6.18. The first-order valence-corrected chi connectivity index (χ1v) is 11.9. The fourth-order valence-corrected chi connectivity index (χ4v) is 4.74. The maximum Gasteiger partial charge on any atom is 0.248 e. The summed E-state index contributed by atoms with van der Waals surface area (Å²) in [5.74, 6) is 1.06. The van der Waals surface area contributed by atoms with Crippen LogP contribution in [0.4, 0.5) is 0 Å². The first kappa shape index (κ1) is 21.3. The van der Waals surface area contributed by atoms with Crippen LogP contribution in [0.25, 0.3) is 55.6 Å². The van der Waals surface area contributed by atoms with Crippen LogP contribution in [-0.2, 0) is 5.41 Å². The van der Waals surface area contributed by atoms with Crippen LogP contribution in [0.2, 0.25) is 0 Å². The van der Waals surface area contributed by atoms with Crippen LogP contribution < -0.4 is 0 Å². The summed E-state index contributed by atoms with van der Waals surface area (Å²) in [7, 11) is 0. The molecule has 0 unspecified atom stereocenters. The Balaban J connectivity index is 1.45. The van der Waals surface area contributed by atoms with E-state index >= 15 is 0 Å². The van der Waals surface area contributed by atoms with Gasteiger partial charge in [0.15, 0.2) is 0 Å². The molecule has 0 bridgehead atoms. The van der Waals surface area contributed by atoms with Crippen molar-refractivity contribution in [3.8, 4) is 34.0 Å². The lowest BCUT2D eigenvalue weighted by molar-refractivity contribution is 0.582. The van der Waals surface area contributed by atoms with Gasteiger partial charge in [-0.05, 0) is 61.8 Å². The molecule has 0 amide bonds. The normalized spacial score (nSPS) is 11.9. The lowest BCUT2D eigenvalue weighted by atomic mass is 9.87.